The van der Waals surface area contributed by atoms with Gasteiger partial charge < -0.3 is 4.90 Å². The Balaban J connectivity index is 1.48. The van der Waals surface area contributed by atoms with E-state index in [-0.39, 0.29) is 17.5 Å². The van der Waals surface area contributed by atoms with E-state index in [0.717, 1.165) is 32.7 Å². The van der Waals surface area contributed by atoms with E-state index in [9.17, 15) is 9.59 Å². The molecule has 180 valence electrons. The van der Waals surface area contributed by atoms with Gasteiger partial charge in [0.2, 0.25) is 0 Å². The number of nitrogens with zero attached hydrogens (tertiary/aromatic N) is 5. The molecule has 2 aromatic heterocycles. The number of amides is 1. The fourth-order valence-electron chi connectivity index (χ4n) is 4.47. The van der Waals surface area contributed by atoms with Crippen molar-refractivity contribution in [2.45, 2.75) is 26.4 Å². The van der Waals surface area contributed by atoms with Crippen molar-refractivity contribution < 1.29 is 4.79 Å². The number of pyridine rings is 1. The standard InChI is InChI=1S/C26H27N5O2S2/c1-18(2)31-25(33)21(35-26(31)34)16-20-23(27-22-10-6-7-11-30(22)24(20)32)29-14-12-28(13-15-29)17-19-8-4-3-5-9-19/h3-11,16,18H,12-15,17H2,1-2H3/b21-16+. The second-order valence-corrected chi connectivity index (χ2v) is 10.7. The highest BCUT2D eigenvalue weighted by atomic mass is 32.2. The van der Waals surface area contributed by atoms with Crippen molar-refractivity contribution in [1.82, 2.24) is 19.2 Å². The third-order valence-corrected chi connectivity index (χ3v) is 7.62. The quantitative estimate of drug-likeness (QED) is 0.388. The van der Waals surface area contributed by atoms with Crippen molar-refractivity contribution in [3.63, 3.8) is 0 Å². The Morgan fingerprint density at radius 1 is 1.03 bits per heavy atom. The van der Waals surface area contributed by atoms with E-state index >= 15 is 0 Å². The van der Waals surface area contributed by atoms with Gasteiger partial charge in [-0.1, -0.05) is 60.4 Å². The maximum Gasteiger partial charge on any atom is 0.267 e. The fraction of sp³-hybridized carbons (Fsp3) is 0.308. The van der Waals surface area contributed by atoms with Crippen LogP contribution in [-0.4, -0.2) is 61.6 Å². The van der Waals surface area contributed by atoms with Gasteiger partial charge in [-0.3, -0.25) is 23.8 Å². The molecule has 0 saturated carbocycles. The van der Waals surface area contributed by atoms with E-state index in [0.29, 0.717) is 26.3 Å². The van der Waals surface area contributed by atoms with Crippen LogP contribution in [0.3, 0.4) is 0 Å². The molecule has 7 nitrogen and oxygen atoms in total. The van der Waals surface area contributed by atoms with Crippen LogP contribution in [0.15, 0.2) is 64.4 Å². The zero-order valence-electron chi connectivity index (χ0n) is 19.8. The van der Waals surface area contributed by atoms with Crippen LogP contribution in [0.2, 0.25) is 0 Å². The third kappa shape index (κ3) is 4.76. The van der Waals surface area contributed by atoms with Gasteiger partial charge in [0.25, 0.3) is 11.5 Å². The molecule has 35 heavy (non-hydrogen) atoms. The Kier molecular flexibility index (Phi) is 6.73. The van der Waals surface area contributed by atoms with Gasteiger partial charge in [0.15, 0.2) is 0 Å². The van der Waals surface area contributed by atoms with E-state index in [4.69, 9.17) is 17.2 Å². The van der Waals surface area contributed by atoms with Crippen molar-refractivity contribution >= 4 is 51.7 Å². The minimum Gasteiger partial charge on any atom is -0.353 e. The minimum atomic E-state index is -0.188. The summed E-state index contributed by atoms with van der Waals surface area (Å²) in [6.07, 6.45) is 3.39. The Morgan fingerprint density at radius 3 is 2.43 bits per heavy atom. The third-order valence-electron chi connectivity index (χ3n) is 6.29. The van der Waals surface area contributed by atoms with Gasteiger partial charge >= 0.3 is 0 Å². The molecular weight excluding hydrogens is 478 g/mol. The average Bonchev–Trinajstić information content (AvgIpc) is 3.14. The number of carbonyl (C=O) groups excluding carboxylic acids is 1. The van der Waals surface area contributed by atoms with Gasteiger partial charge in [-0.2, -0.15) is 0 Å². The van der Waals surface area contributed by atoms with Gasteiger partial charge in [-0.15, -0.1) is 0 Å². The van der Waals surface area contributed by atoms with E-state index in [1.807, 2.05) is 32.0 Å². The molecule has 1 amide bonds. The van der Waals surface area contributed by atoms with Crippen molar-refractivity contribution in [2.75, 3.05) is 31.1 Å². The molecule has 2 fully saturated rings. The summed E-state index contributed by atoms with van der Waals surface area (Å²) >= 11 is 6.68. The first-order chi connectivity index (χ1) is 16.9. The molecule has 2 aliphatic heterocycles. The maximum atomic E-state index is 13.6. The number of carbonyl (C=O) groups is 1. The van der Waals surface area contributed by atoms with Crippen molar-refractivity contribution in [1.29, 1.82) is 0 Å². The largest absolute Gasteiger partial charge is 0.353 e. The van der Waals surface area contributed by atoms with Crippen LogP contribution in [0, 0.1) is 0 Å². The lowest BCUT2D eigenvalue weighted by molar-refractivity contribution is -0.123. The molecule has 1 aromatic carbocycles. The van der Waals surface area contributed by atoms with Gasteiger partial charge in [-0.25, -0.2) is 4.98 Å². The maximum absolute atomic E-state index is 13.6. The Morgan fingerprint density at radius 2 is 1.74 bits per heavy atom. The van der Waals surface area contributed by atoms with Crippen LogP contribution in [0.1, 0.15) is 25.0 Å². The van der Waals surface area contributed by atoms with Gasteiger partial charge in [0.1, 0.15) is 15.8 Å². The highest BCUT2D eigenvalue weighted by Gasteiger charge is 2.34. The molecule has 2 aliphatic rings. The number of thiocarbonyl (C=S) groups is 1. The van der Waals surface area contributed by atoms with Crippen molar-refractivity contribution in [3.8, 4) is 0 Å². The number of anilines is 1. The molecule has 4 heterocycles. The van der Waals surface area contributed by atoms with Crippen LogP contribution in [-0.2, 0) is 11.3 Å². The van der Waals surface area contributed by atoms with E-state index < -0.39 is 0 Å². The lowest BCUT2D eigenvalue weighted by atomic mass is 10.2. The van der Waals surface area contributed by atoms with Gasteiger partial charge in [0, 0.05) is 45.0 Å². The number of thioether (sulfide) groups is 1. The monoisotopic (exact) mass is 505 g/mol. The summed E-state index contributed by atoms with van der Waals surface area (Å²) in [4.78, 5) is 38.1. The van der Waals surface area contributed by atoms with Crippen LogP contribution in [0.25, 0.3) is 11.7 Å². The van der Waals surface area contributed by atoms with Crippen molar-refractivity contribution in [2.24, 2.45) is 0 Å². The van der Waals surface area contributed by atoms with E-state index in [1.165, 1.54) is 21.7 Å². The summed E-state index contributed by atoms with van der Waals surface area (Å²) in [5.41, 5.74) is 2.11. The normalized spacial score (nSPS) is 18.4. The molecular formula is C26H27N5O2S2. The summed E-state index contributed by atoms with van der Waals surface area (Å²) < 4.78 is 2.05. The number of rotatable bonds is 5. The smallest absolute Gasteiger partial charge is 0.267 e. The predicted molar refractivity (Wildman–Crippen MR) is 146 cm³/mol. The summed E-state index contributed by atoms with van der Waals surface area (Å²) in [6.45, 7) is 7.97. The molecule has 3 aromatic rings. The molecule has 0 aliphatic carbocycles. The number of piperazine rings is 1. The second kappa shape index (κ2) is 9.93. The van der Waals surface area contributed by atoms with E-state index in [2.05, 4.69) is 34.1 Å². The average molecular weight is 506 g/mol. The topological polar surface area (TPSA) is 61.2 Å². The Labute approximate surface area is 214 Å². The molecule has 0 radical (unpaired) electrons. The first-order valence-corrected chi connectivity index (χ1v) is 12.9. The summed E-state index contributed by atoms with van der Waals surface area (Å²) in [7, 11) is 0. The lowest BCUT2D eigenvalue weighted by Crippen LogP contribution is -2.47. The molecule has 9 heteroatoms. The highest BCUT2D eigenvalue weighted by molar-refractivity contribution is 8.26. The summed E-state index contributed by atoms with van der Waals surface area (Å²) in [5.74, 6) is 0.460. The first kappa shape index (κ1) is 23.7. The van der Waals surface area contributed by atoms with Crippen LogP contribution >= 0.6 is 24.0 Å². The summed E-state index contributed by atoms with van der Waals surface area (Å²) in [6, 6.07) is 15.9. The number of aromatic nitrogens is 2. The molecule has 0 unspecified atom stereocenters. The lowest BCUT2D eigenvalue weighted by Gasteiger charge is -2.36. The fourth-order valence-corrected chi connectivity index (χ4v) is 5.98. The zero-order chi connectivity index (χ0) is 24.5. The first-order valence-electron chi connectivity index (χ1n) is 11.7. The number of hydrogen-bond acceptors (Lipinski definition) is 7. The van der Waals surface area contributed by atoms with Gasteiger partial charge in [0.05, 0.1) is 10.5 Å². The molecule has 0 atom stereocenters. The molecule has 2 saturated heterocycles. The van der Waals surface area contributed by atoms with Crippen LogP contribution in [0.4, 0.5) is 5.82 Å². The number of benzene rings is 1. The second-order valence-electron chi connectivity index (χ2n) is 8.98. The SMILES string of the molecule is CC(C)N1C(=O)/C(=C\c2c(N3CCN(Cc4ccccc4)CC3)nc3ccccn3c2=O)SC1=S. The number of fused-ring (bicyclic) bond motifs is 1. The van der Waals surface area contributed by atoms with Crippen LogP contribution < -0.4 is 10.5 Å². The molecule has 0 bridgehead atoms. The summed E-state index contributed by atoms with van der Waals surface area (Å²) in [5, 5.41) is 0. The zero-order valence-corrected chi connectivity index (χ0v) is 21.4. The van der Waals surface area contributed by atoms with Gasteiger partial charge in [-0.05, 0) is 37.6 Å². The Hall–Kier alpha value is -3.01. The number of hydrogen-bond donors (Lipinski definition) is 0. The molecule has 5 rings (SSSR count). The van der Waals surface area contributed by atoms with Crippen molar-refractivity contribution in [3.05, 3.63) is 81.1 Å². The highest BCUT2D eigenvalue weighted by Crippen LogP contribution is 2.34. The van der Waals surface area contributed by atoms with Crippen LogP contribution in [0.5, 0.6) is 0 Å². The molecule has 0 spiro atoms. The molecule has 0 N–H and O–H groups in total. The minimum absolute atomic E-state index is 0.0404. The Bertz CT molecular complexity index is 1360. The van der Waals surface area contributed by atoms with E-state index in [1.54, 1.807) is 23.2 Å². The predicted octanol–water partition coefficient (Wildman–Crippen LogP) is 3.63.